The van der Waals surface area contributed by atoms with Gasteiger partial charge in [-0.2, -0.15) is 5.10 Å². The van der Waals surface area contributed by atoms with Crippen LogP contribution in [0.3, 0.4) is 0 Å². The fraction of sp³-hybridized carbons (Fsp3) is 0.438. The number of aryl methyl sites for hydroxylation is 2. The first kappa shape index (κ1) is 17.8. The SMILES string of the molecule is Cc1cc(C)n(CC2CN(c3ccc([N+](=O)[O-])cc3[N+](=O)[O-])CCO2)n1. The molecule has 1 fully saturated rings. The average molecular weight is 361 g/mol. The Hall–Kier alpha value is -3.01. The molecule has 1 aromatic carbocycles. The van der Waals surface area contributed by atoms with E-state index in [1.807, 2.05) is 29.5 Å². The molecular weight excluding hydrogens is 342 g/mol. The zero-order chi connectivity index (χ0) is 18.8. The van der Waals surface area contributed by atoms with E-state index in [2.05, 4.69) is 5.10 Å². The molecule has 0 amide bonds. The van der Waals surface area contributed by atoms with Gasteiger partial charge >= 0.3 is 0 Å². The lowest BCUT2D eigenvalue weighted by molar-refractivity contribution is -0.393. The maximum atomic E-state index is 11.4. The molecule has 3 rings (SSSR count). The number of aromatic nitrogens is 2. The molecule has 0 aliphatic carbocycles. The van der Waals surface area contributed by atoms with E-state index in [1.54, 1.807) is 0 Å². The number of anilines is 1. The zero-order valence-electron chi connectivity index (χ0n) is 14.5. The number of nitrogens with zero attached hydrogens (tertiary/aromatic N) is 5. The van der Waals surface area contributed by atoms with Crippen LogP contribution in [0.5, 0.6) is 0 Å². The molecule has 0 bridgehead atoms. The largest absolute Gasteiger partial charge is 0.373 e. The third kappa shape index (κ3) is 3.64. The van der Waals surface area contributed by atoms with Crippen LogP contribution in [0.25, 0.3) is 0 Å². The van der Waals surface area contributed by atoms with Crippen molar-refractivity contribution < 1.29 is 14.6 Å². The normalized spacial score (nSPS) is 17.3. The van der Waals surface area contributed by atoms with Crippen molar-refractivity contribution in [3.8, 4) is 0 Å². The van der Waals surface area contributed by atoms with Crippen LogP contribution in [0.1, 0.15) is 11.4 Å². The van der Waals surface area contributed by atoms with E-state index in [9.17, 15) is 20.2 Å². The topological polar surface area (TPSA) is 117 Å². The summed E-state index contributed by atoms with van der Waals surface area (Å²) < 4.78 is 7.63. The number of rotatable bonds is 5. The molecule has 10 heteroatoms. The highest BCUT2D eigenvalue weighted by Gasteiger charge is 2.28. The third-order valence-corrected chi connectivity index (χ3v) is 4.33. The molecule has 26 heavy (non-hydrogen) atoms. The minimum absolute atomic E-state index is 0.184. The number of hydrogen-bond acceptors (Lipinski definition) is 7. The van der Waals surface area contributed by atoms with Crippen LogP contribution in [0, 0.1) is 34.1 Å². The van der Waals surface area contributed by atoms with Gasteiger partial charge in [-0.1, -0.05) is 0 Å². The first-order chi connectivity index (χ1) is 12.3. The fourth-order valence-corrected chi connectivity index (χ4v) is 3.14. The van der Waals surface area contributed by atoms with E-state index in [4.69, 9.17) is 4.74 Å². The Labute approximate surface area is 149 Å². The predicted molar refractivity (Wildman–Crippen MR) is 93.4 cm³/mol. The van der Waals surface area contributed by atoms with Gasteiger partial charge in [-0.15, -0.1) is 0 Å². The molecule has 1 unspecified atom stereocenters. The number of hydrogen-bond donors (Lipinski definition) is 0. The second kappa shape index (κ2) is 7.08. The van der Waals surface area contributed by atoms with Gasteiger partial charge in [0.1, 0.15) is 5.69 Å². The van der Waals surface area contributed by atoms with E-state index in [0.717, 1.165) is 17.5 Å². The van der Waals surface area contributed by atoms with Gasteiger partial charge in [0.05, 0.1) is 40.9 Å². The maximum Gasteiger partial charge on any atom is 0.299 e. The fourth-order valence-electron chi connectivity index (χ4n) is 3.14. The van der Waals surface area contributed by atoms with Crippen molar-refractivity contribution >= 4 is 17.1 Å². The minimum Gasteiger partial charge on any atom is -0.373 e. The lowest BCUT2D eigenvalue weighted by atomic mass is 10.2. The summed E-state index contributed by atoms with van der Waals surface area (Å²) in [6, 6.07) is 5.69. The van der Waals surface area contributed by atoms with Gasteiger partial charge < -0.3 is 9.64 Å². The first-order valence-corrected chi connectivity index (χ1v) is 8.15. The molecule has 1 aliphatic heterocycles. The second-order valence-electron chi connectivity index (χ2n) is 6.24. The standard InChI is InChI=1S/C16H19N5O5/c1-11-7-12(2)19(17-11)10-14-9-18(5-6-26-14)15-4-3-13(20(22)23)8-16(15)21(24)25/h3-4,7-8,14H,5-6,9-10H2,1-2H3. The summed E-state index contributed by atoms with van der Waals surface area (Å²) in [4.78, 5) is 22.9. The lowest BCUT2D eigenvalue weighted by Crippen LogP contribution is -2.44. The van der Waals surface area contributed by atoms with E-state index >= 15 is 0 Å². The van der Waals surface area contributed by atoms with Crippen molar-refractivity contribution in [2.75, 3.05) is 24.6 Å². The van der Waals surface area contributed by atoms with Crippen LogP contribution in [0.2, 0.25) is 0 Å². The van der Waals surface area contributed by atoms with E-state index in [1.165, 1.54) is 12.1 Å². The molecule has 0 N–H and O–H groups in total. The van der Waals surface area contributed by atoms with Crippen LogP contribution in [-0.4, -0.2) is 45.4 Å². The molecule has 2 heterocycles. The van der Waals surface area contributed by atoms with Crippen molar-refractivity contribution in [3.05, 3.63) is 55.9 Å². The van der Waals surface area contributed by atoms with Gasteiger partial charge in [0, 0.05) is 24.8 Å². The van der Waals surface area contributed by atoms with Crippen LogP contribution in [-0.2, 0) is 11.3 Å². The molecule has 2 aromatic rings. The number of morpholine rings is 1. The average Bonchev–Trinajstić information content (AvgIpc) is 2.91. The first-order valence-electron chi connectivity index (χ1n) is 8.15. The van der Waals surface area contributed by atoms with Crippen LogP contribution < -0.4 is 4.90 Å². The van der Waals surface area contributed by atoms with Gasteiger partial charge in [-0.25, -0.2) is 0 Å². The van der Waals surface area contributed by atoms with Crippen LogP contribution >= 0.6 is 0 Å². The highest BCUT2D eigenvalue weighted by atomic mass is 16.6. The number of nitro benzene ring substituents is 2. The monoisotopic (exact) mass is 361 g/mol. The highest BCUT2D eigenvalue weighted by Crippen LogP contribution is 2.33. The number of ether oxygens (including phenoxy) is 1. The van der Waals surface area contributed by atoms with Crippen LogP contribution in [0.15, 0.2) is 24.3 Å². The quantitative estimate of drug-likeness (QED) is 0.592. The molecule has 0 saturated carbocycles. The van der Waals surface area contributed by atoms with Crippen molar-refractivity contribution in [2.45, 2.75) is 26.5 Å². The van der Waals surface area contributed by atoms with Crippen molar-refractivity contribution in [3.63, 3.8) is 0 Å². The number of non-ortho nitro benzene ring substituents is 1. The molecule has 138 valence electrons. The Balaban J connectivity index is 1.82. The van der Waals surface area contributed by atoms with Crippen LogP contribution in [0.4, 0.5) is 17.1 Å². The van der Waals surface area contributed by atoms with E-state index < -0.39 is 9.85 Å². The second-order valence-corrected chi connectivity index (χ2v) is 6.24. The summed E-state index contributed by atoms with van der Waals surface area (Å²) >= 11 is 0. The Kier molecular flexibility index (Phi) is 4.85. The molecular formula is C16H19N5O5. The lowest BCUT2D eigenvalue weighted by Gasteiger charge is -2.34. The molecule has 1 atom stereocenters. The van der Waals surface area contributed by atoms with Gasteiger partial charge in [0.25, 0.3) is 11.4 Å². The van der Waals surface area contributed by atoms with Gasteiger partial charge in [0.2, 0.25) is 0 Å². The van der Waals surface area contributed by atoms with Gasteiger partial charge in [0.15, 0.2) is 0 Å². The molecule has 10 nitrogen and oxygen atoms in total. The van der Waals surface area contributed by atoms with Gasteiger partial charge in [-0.3, -0.25) is 24.9 Å². The van der Waals surface area contributed by atoms with Crippen molar-refractivity contribution in [1.82, 2.24) is 9.78 Å². The molecule has 1 aromatic heterocycles. The molecule has 1 saturated heterocycles. The summed E-state index contributed by atoms with van der Waals surface area (Å²) in [5.41, 5.74) is 1.73. The Morgan fingerprint density at radius 2 is 2.00 bits per heavy atom. The summed E-state index contributed by atoms with van der Waals surface area (Å²) in [6.45, 7) is 5.75. The Morgan fingerprint density at radius 1 is 1.23 bits per heavy atom. The summed E-state index contributed by atoms with van der Waals surface area (Å²) in [5, 5.41) is 26.7. The van der Waals surface area contributed by atoms with E-state index in [-0.39, 0.29) is 17.5 Å². The minimum atomic E-state index is -0.637. The van der Waals surface area contributed by atoms with Crippen molar-refractivity contribution in [1.29, 1.82) is 0 Å². The smallest absolute Gasteiger partial charge is 0.299 e. The van der Waals surface area contributed by atoms with E-state index in [0.29, 0.717) is 31.9 Å². The summed E-state index contributed by atoms with van der Waals surface area (Å²) in [6.07, 6.45) is -0.184. The molecule has 0 spiro atoms. The molecule has 0 radical (unpaired) electrons. The zero-order valence-corrected chi connectivity index (χ0v) is 14.5. The highest BCUT2D eigenvalue weighted by molar-refractivity contribution is 5.67. The summed E-state index contributed by atoms with van der Waals surface area (Å²) in [5.74, 6) is 0. The number of nitro groups is 2. The molecule has 1 aliphatic rings. The van der Waals surface area contributed by atoms with Crippen molar-refractivity contribution in [2.24, 2.45) is 0 Å². The van der Waals surface area contributed by atoms with Gasteiger partial charge in [-0.05, 0) is 26.0 Å². The third-order valence-electron chi connectivity index (χ3n) is 4.33. The Morgan fingerprint density at radius 3 is 2.62 bits per heavy atom. The Bertz CT molecular complexity index is 850. The summed E-state index contributed by atoms with van der Waals surface area (Å²) in [7, 11) is 0. The maximum absolute atomic E-state index is 11.4. The number of benzene rings is 1. The predicted octanol–water partition coefficient (Wildman–Crippen LogP) is 2.22.